The minimum Gasteiger partial charge on any atom is -0.490 e. The standard InChI is InChI=1S/C36H31FN4O6S/c1-3-35(42)46-19-17-44-30-15-13-29(14-16-30)41-40-28-11-9-27(10-12-28)39-38-26-7-5-24(6-8-26)33-22-25-21-31(37)32(23-34(25)48-33)45-18-20-47-36(43)4-2/h3-16,21-23,40-41H,1-2,17-20H2. The average molecular weight is 667 g/mol. The van der Waals surface area contributed by atoms with Crippen LogP contribution in [0.15, 0.2) is 127 Å². The number of hydrazine groups is 1. The number of thiophene rings is 1. The highest BCUT2D eigenvalue weighted by Crippen LogP contribution is 2.37. The van der Waals surface area contributed by atoms with Crippen molar-refractivity contribution >= 4 is 56.1 Å². The summed E-state index contributed by atoms with van der Waals surface area (Å²) in [7, 11) is 0. The Morgan fingerprint density at radius 3 is 1.83 bits per heavy atom. The number of carbonyl (C=O) groups excluding carboxylic acids is 2. The number of fused-ring (bicyclic) bond motifs is 1. The lowest BCUT2D eigenvalue weighted by Crippen LogP contribution is -2.10. The number of halogens is 1. The number of hydrogen-bond acceptors (Lipinski definition) is 11. The summed E-state index contributed by atoms with van der Waals surface area (Å²) in [6, 6.07) is 27.4. The van der Waals surface area contributed by atoms with Crippen molar-refractivity contribution in [3.05, 3.63) is 122 Å². The summed E-state index contributed by atoms with van der Waals surface area (Å²) in [6.45, 7) is 7.09. The fourth-order valence-electron chi connectivity index (χ4n) is 4.20. The summed E-state index contributed by atoms with van der Waals surface area (Å²) in [5.74, 6) is -0.776. The molecule has 5 aromatic rings. The van der Waals surface area contributed by atoms with Crippen molar-refractivity contribution in [2.45, 2.75) is 0 Å². The van der Waals surface area contributed by atoms with E-state index in [0.717, 1.165) is 44.1 Å². The monoisotopic (exact) mass is 666 g/mol. The zero-order valence-corrected chi connectivity index (χ0v) is 26.5. The summed E-state index contributed by atoms with van der Waals surface area (Å²) in [4.78, 5) is 23.2. The van der Waals surface area contributed by atoms with Gasteiger partial charge in [-0.1, -0.05) is 25.3 Å². The van der Waals surface area contributed by atoms with Crippen LogP contribution in [0.25, 0.3) is 20.5 Å². The Labute approximate surface area is 280 Å². The first-order chi connectivity index (χ1) is 23.4. The highest BCUT2D eigenvalue weighted by atomic mass is 32.1. The molecule has 2 N–H and O–H groups in total. The van der Waals surface area contributed by atoms with Crippen LogP contribution < -0.4 is 20.3 Å². The first-order valence-corrected chi connectivity index (χ1v) is 15.5. The van der Waals surface area contributed by atoms with Gasteiger partial charge in [0.05, 0.1) is 22.7 Å². The SMILES string of the molecule is C=CC(=O)OCCOc1ccc(NNc2ccc(N=Nc3ccc(-c4cc5cc(F)c(OCCOC(=O)C=C)cc5s4)cc3)cc2)cc1. The second-order valence-electron chi connectivity index (χ2n) is 9.94. The minimum absolute atomic E-state index is 0.00322. The molecule has 0 aliphatic rings. The third kappa shape index (κ3) is 9.50. The Morgan fingerprint density at radius 1 is 0.708 bits per heavy atom. The molecule has 244 valence electrons. The van der Waals surface area contributed by atoms with Crippen molar-refractivity contribution < 1.29 is 32.9 Å². The predicted molar refractivity (Wildman–Crippen MR) is 185 cm³/mol. The van der Waals surface area contributed by atoms with Gasteiger partial charge in [0.1, 0.15) is 32.2 Å². The second-order valence-corrected chi connectivity index (χ2v) is 11.0. The van der Waals surface area contributed by atoms with Gasteiger partial charge >= 0.3 is 11.9 Å². The van der Waals surface area contributed by atoms with Crippen LogP contribution in [0.2, 0.25) is 0 Å². The molecule has 48 heavy (non-hydrogen) atoms. The van der Waals surface area contributed by atoms with Crippen LogP contribution in [0.4, 0.5) is 27.1 Å². The first kappa shape index (κ1) is 33.4. The lowest BCUT2D eigenvalue weighted by Gasteiger charge is -2.11. The maximum atomic E-state index is 14.6. The number of nitrogens with zero attached hydrogens (tertiary/aromatic N) is 2. The molecule has 5 rings (SSSR count). The summed E-state index contributed by atoms with van der Waals surface area (Å²) in [5, 5.41) is 9.45. The highest BCUT2D eigenvalue weighted by molar-refractivity contribution is 7.22. The van der Waals surface area contributed by atoms with Gasteiger partial charge in [0.2, 0.25) is 0 Å². The fraction of sp³-hybridized carbons (Fsp3) is 0.111. The van der Waals surface area contributed by atoms with Gasteiger partial charge in [-0.05, 0) is 83.7 Å². The molecule has 0 aliphatic heterocycles. The molecule has 0 fully saturated rings. The van der Waals surface area contributed by atoms with Crippen molar-refractivity contribution in [3.8, 4) is 21.9 Å². The smallest absolute Gasteiger partial charge is 0.330 e. The Hall–Kier alpha value is -6.01. The first-order valence-electron chi connectivity index (χ1n) is 14.7. The van der Waals surface area contributed by atoms with E-state index in [1.165, 1.54) is 17.4 Å². The van der Waals surface area contributed by atoms with Crippen LogP contribution >= 0.6 is 11.3 Å². The molecule has 0 radical (unpaired) electrons. The van der Waals surface area contributed by atoms with Gasteiger partial charge in [-0.3, -0.25) is 0 Å². The van der Waals surface area contributed by atoms with Gasteiger partial charge in [0, 0.05) is 27.8 Å². The van der Waals surface area contributed by atoms with E-state index in [2.05, 4.69) is 34.2 Å². The Morgan fingerprint density at radius 2 is 1.25 bits per heavy atom. The lowest BCUT2D eigenvalue weighted by atomic mass is 10.1. The molecule has 1 aromatic heterocycles. The lowest BCUT2D eigenvalue weighted by molar-refractivity contribution is -0.139. The molecule has 0 saturated heterocycles. The van der Waals surface area contributed by atoms with Crippen molar-refractivity contribution in [1.82, 2.24) is 0 Å². The van der Waals surface area contributed by atoms with Crippen LogP contribution in [0.3, 0.4) is 0 Å². The van der Waals surface area contributed by atoms with Crippen LogP contribution in [-0.2, 0) is 19.1 Å². The molecule has 0 saturated carbocycles. The van der Waals surface area contributed by atoms with E-state index in [-0.39, 0.29) is 32.2 Å². The molecule has 0 atom stereocenters. The highest BCUT2D eigenvalue weighted by Gasteiger charge is 2.11. The van der Waals surface area contributed by atoms with Crippen LogP contribution in [0, 0.1) is 5.82 Å². The number of anilines is 2. The van der Waals surface area contributed by atoms with E-state index in [9.17, 15) is 14.0 Å². The van der Waals surface area contributed by atoms with Gasteiger partial charge in [0.25, 0.3) is 0 Å². The second kappa shape index (κ2) is 16.5. The van der Waals surface area contributed by atoms with Gasteiger partial charge in [-0.25, -0.2) is 14.0 Å². The molecule has 10 nitrogen and oxygen atoms in total. The molecule has 0 aliphatic carbocycles. The third-order valence-electron chi connectivity index (χ3n) is 6.59. The van der Waals surface area contributed by atoms with Gasteiger partial charge in [-0.15, -0.1) is 11.3 Å². The molecule has 1 heterocycles. The number of esters is 2. The topological polar surface area (TPSA) is 120 Å². The van der Waals surface area contributed by atoms with E-state index >= 15 is 0 Å². The molecule has 0 bridgehead atoms. The summed E-state index contributed by atoms with van der Waals surface area (Å²) in [5.41, 5.74) is 10.3. The molecule has 0 unspecified atom stereocenters. The summed E-state index contributed by atoms with van der Waals surface area (Å²) in [6.07, 6.45) is 2.17. The largest absolute Gasteiger partial charge is 0.490 e. The van der Waals surface area contributed by atoms with E-state index in [0.29, 0.717) is 17.1 Å². The Bertz CT molecular complexity index is 1910. The quantitative estimate of drug-likeness (QED) is 0.0353. The average Bonchev–Trinajstić information content (AvgIpc) is 3.53. The van der Waals surface area contributed by atoms with Gasteiger partial charge < -0.3 is 29.8 Å². The van der Waals surface area contributed by atoms with Crippen molar-refractivity contribution in [2.24, 2.45) is 10.2 Å². The van der Waals surface area contributed by atoms with E-state index in [1.807, 2.05) is 78.9 Å². The molecule has 0 spiro atoms. The number of benzene rings is 4. The van der Waals surface area contributed by atoms with Gasteiger partial charge in [-0.2, -0.15) is 10.2 Å². The van der Waals surface area contributed by atoms with E-state index in [4.69, 9.17) is 18.9 Å². The number of rotatable bonds is 16. The van der Waals surface area contributed by atoms with E-state index < -0.39 is 17.8 Å². The van der Waals surface area contributed by atoms with Crippen molar-refractivity contribution in [2.75, 3.05) is 37.3 Å². The zero-order valence-electron chi connectivity index (χ0n) is 25.7. The molecule has 0 amide bonds. The fourth-order valence-corrected chi connectivity index (χ4v) is 5.28. The molecular formula is C36H31FN4O6S. The number of carbonyl (C=O) groups is 2. The normalized spacial score (nSPS) is 10.8. The van der Waals surface area contributed by atoms with Gasteiger partial charge in [0.15, 0.2) is 11.6 Å². The van der Waals surface area contributed by atoms with Crippen LogP contribution in [0.1, 0.15) is 0 Å². The zero-order chi connectivity index (χ0) is 33.7. The van der Waals surface area contributed by atoms with E-state index in [1.54, 1.807) is 6.07 Å². The molecule has 12 heteroatoms. The number of hydrogen-bond donors (Lipinski definition) is 2. The maximum Gasteiger partial charge on any atom is 0.330 e. The number of ether oxygens (including phenoxy) is 4. The van der Waals surface area contributed by atoms with Crippen molar-refractivity contribution in [3.63, 3.8) is 0 Å². The van der Waals surface area contributed by atoms with Crippen LogP contribution in [-0.4, -0.2) is 38.4 Å². The third-order valence-corrected chi connectivity index (χ3v) is 7.74. The summed E-state index contributed by atoms with van der Waals surface area (Å²) >= 11 is 1.51. The predicted octanol–water partition coefficient (Wildman–Crippen LogP) is 8.78. The molecular weight excluding hydrogens is 635 g/mol. The minimum atomic E-state index is -0.558. The Kier molecular flexibility index (Phi) is 11.5. The summed E-state index contributed by atoms with van der Waals surface area (Å²) < 4.78 is 36.2. The van der Waals surface area contributed by atoms with Crippen molar-refractivity contribution in [1.29, 1.82) is 0 Å². The number of azo groups is 1. The number of nitrogens with one attached hydrogen (secondary N) is 2. The molecule has 4 aromatic carbocycles. The Balaban J connectivity index is 1.10. The van der Waals surface area contributed by atoms with Crippen LogP contribution in [0.5, 0.6) is 11.5 Å². The maximum absolute atomic E-state index is 14.6.